The first-order valence-electron chi connectivity index (χ1n) is 6.45. The molecule has 4 saturated carbocycles. The lowest BCUT2D eigenvalue weighted by Gasteiger charge is -2.59. The molecule has 2 heteroatoms. The summed E-state index contributed by atoms with van der Waals surface area (Å²) in [4.78, 5) is 0. The first-order valence-corrected chi connectivity index (χ1v) is 6.45. The fourth-order valence-corrected chi connectivity index (χ4v) is 5.05. The topological polar surface area (TPSA) is 40.5 Å². The molecule has 4 aliphatic carbocycles. The van der Waals surface area contributed by atoms with Gasteiger partial charge in [-0.1, -0.05) is 6.92 Å². The van der Waals surface area contributed by atoms with Crippen molar-refractivity contribution in [1.29, 1.82) is 0 Å². The van der Waals surface area contributed by atoms with Crippen LogP contribution in [0.5, 0.6) is 0 Å². The molecular weight excluding hydrogens is 188 g/mol. The van der Waals surface area contributed by atoms with Crippen LogP contribution in [0.1, 0.15) is 45.4 Å². The molecule has 0 amide bonds. The van der Waals surface area contributed by atoms with E-state index in [4.69, 9.17) is 0 Å². The highest BCUT2D eigenvalue weighted by Gasteiger charge is 2.54. The molecule has 4 aliphatic rings. The zero-order valence-electron chi connectivity index (χ0n) is 9.52. The van der Waals surface area contributed by atoms with Gasteiger partial charge in [0.15, 0.2) is 6.29 Å². The van der Waals surface area contributed by atoms with Crippen LogP contribution < -0.4 is 0 Å². The smallest absolute Gasteiger partial charge is 0.154 e. The standard InChI is InChI=1S/C13H22O2/c1-8(12(14)15)13-5-9-2-10(6-13)4-11(3-9)7-13/h8-12,14-15H,2-7H2,1H3. The summed E-state index contributed by atoms with van der Waals surface area (Å²) in [6.45, 7) is 2.04. The number of rotatable bonds is 2. The van der Waals surface area contributed by atoms with Gasteiger partial charge in [-0.05, 0) is 61.7 Å². The average molecular weight is 210 g/mol. The van der Waals surface area contributed by atoms with Crippen molar-refractivity contribution in [3.05, 3.63) is 0 Å². The third-order valence-electron chi connectivity index (χ3n) is 5.50. The summed E-state index contributed by atoms with van der Waals surface area (Å²) < 4.78 is 0. The van der Waals surface area contributed by atoms with Crippen molar-refractivity contribution in [2.24, 2.45) is 29.1 Å². The Bertz CT molecular complexity index is 224. The van der Waals surface area contributed by atoms with Gasteiger partial charge >= 0.3 is 0 Å². The highest BCUT2D eigenvalue weighted by atomic mass is 16.5. The van der Waals surface area contributed by atoms with Crippen molar-refractivity contribution < 1.29 is 10.2 Å². The lowest BCUT2D eigenvalue weighted by molar-refractivity contribution is -0.168. The Kier molecular flexibility index (Phi) is 2.16. The Labute approximate surface area is 91.7 Å². The van der Waals surface area contributed by atoms with Gasteiger partial charge in [0.25, 0.3) is 0 Å². The molecule has 0 aromatic carbocycles. The van der Waals surface area contributed by atoms with Crippen LogP contribution in [0, 0.1) is 29.1 Å². The van der Waals surface area contributed by atoms with Gasteiger partial charge in [-0.2, -0.15) is 0 Å². The van der Waals surface area contributed by atoms with E-state index in [1.54, 1.807) is 0 Å². The summed E-state index contributed by atoms with van der Waals surface area (Å²) in [6, 6.07) is 0. The Morgan fingerprint density at radius 2 is 1.33 bits per heavy atom. The van der Waals surface area contributed by atoms with Crippen molar-refractivity contribution in [2.75, 3.05) is 0 Å². The molecule has 0 aromatic rings. The largest absolute Gasteiger partial charge is 0.368 e. The van der Waals surface area contributed by atoms with E-state index < -0.39 is 6.29 Å². The van der Waals surface area contributed by atoms with E-state index in [9.17, 15) is 10.2 Å². The van der Waals surface area contributed by atoms with Crippen LogP contribution in [-0.4, -0.2) is 16.5 Å². The second-order valence-electron chi connectivity index (χ2n) is 6.48. The zero-order chi connectivity index (χ0) is 10.6. The molecule has 0 aromatic heterocycles. The van der Waals surface area contributed by atoms with E-state index in [0.29, 0.717) is 0 Å². The van der Waals surface area contributed by atoms with Gasteiger partial charge < -0.3 is 10.2 Å². The third-order valence-corrected chi connectivity index (χ3v) is 5.50. The van der Waals surface area contributed by atoms with Gasteiger partial charge in [-0.15, -0.1) is 0 Å². The molecule has 2 nitrogen and oxygen atoms in total. The van der Waals surface area contributed by atoms with Gasteiger partial charge in [-0.25, -0.2) is 0 Å². The maximum atomic E-state index is 9.44. The molecule has 4 rings (SSSR count). The first-order chi connectivity index (χ1) is 7.09. The van der Waals surface area contributed by atoms with E-state index in [2.05, 4.69) is 0 Å². The second-order valence-corrected chi connectivity index (χ2v) is 6.48. The molecule has 86 valence electrons. The summed E-state index contributed by atoms with van der Waals surface area (Å²) in [5, 5.41) is 18.9. The summed E-state index contributed by atoms with van der Waals surface area (Å²) in [7, 11) is 0. The molecule has 0 spiro atoms. The normalized spacial score (nSPS) is 50.0. The quantitative estimate of drug-likeness (QED) is 0.686. The summed E-state index contributed by atoms with van der Waals surface area (Å²) >= 11 is 0. The summed E-state index contributed by atoms with van der Waals surface area (Å²) in [5.41, 5.74) is 0.281. The number of aliphatic hydroxyl groups is 2. The first kappa shape index (κ1) is 10.1. The molecule has 15 heavy (non-hydrogen) atoms. The maximum absolute atomic E-state index is 9.44. The van der Waals surface area contributed by atoms with Crippen LogP contribution in [-0.2, 0) is 0 Å². The van der Waals surface area contributed by atoms with Crippen LogP contribution in [0.3, 0.4) is 0 Å². The predicted octanol–water partition coefficient (Wildman–Crippen LogP) is 2.15. The molecule has 0 aliphatic heterocycles. The van der Waals surface area contributed by atoms with Crippen molar-refractivity contribution in [3.63, 3.8) is 0 Å². The van der Waals surface area contributed by atoms with E-state index in [1.807, 2.05) is 6.92 Å². The fourth-order valence-electron chi connectivity index (χ4n) is 5.05. The van der Waals surface area contributed by atoms with Crippen LogP contribution in [0.2, 0.25) is 0 Å². The minimum absolute atomic E-state index is 0.0749. The van der Waals surface area contributed by atoms with Gasteiger partial charge in [-0.3, -0.25) is 0 Å². The maximum Gasteiger partial charge on any atom is 0.154 e. The van der Waals surface area contributed by atoms with Gasteiger partial charge in [0, 0.05) is 5.92 Å². The van der Waals surface area contributed by atoms with Crippen molar-refractivity contribution in [2.45, 2.75) is 51.7 Å². The van der Waals surface area contributed by atoms with E-state index >= 15 is 0 Å². The van der Waals surface area contributed by atoms with Crippen LogP contribution in [0.15, 0.2) is 0 Å². The molecule has 0 saturated heterocycles. The number of hydrogen-bond donors (Lipinski definition) is 2. The Morgan fingerprint density at radius 3 is 1.67 bits per heavy atom. The van der Waals surface area contributed by atoms with Crippen LogP contribution in [0.25, 0.3) is 0 Å². The molecule has 4 fully saturated rings. The van der Waals surface area contributed by atoms with E-state index in [1.165, 1.54) is 38.5 Å². The molecule has 2 N–H and O–H groups in total. The minimum atomic E-state index is -1.11. The highest BCUT2D eigenvalue weighted by Crippen LogP contribution is 2.62. The molecule has 4 bridgehead atoms. The highest BCUT2D eigenvalue weighted by molar-refractivity contribution is 5.03. The van der Waals surface area contributed by atoms with Gasteiger partial charge in [0.2, 0.25) is 0 Å². The molecule has 1 unspecified atom stereocenters. The molecule has 1 atom stereocenters. The third kappa shape index (κ3) is 1.45. The van der Waals surface area contributed by atoms with Crippen molar-refractivity contribution >= 4 is 0 Å². The fraction of sp³-hybridized carbons (Fsp3) is 1.00. The molecular formula is C13H22O2. The lowest BCUT2D eigenvalue weighted by Crippen LogP contribution is -2.51. The molecule has 0 heterocycles. The zero-order valence-corrected chi connectivity index (χ0v) is 9.52. The van der Waals surface area contributed by atoms with Crippen molar-refractivity contribution in [1.82, 2.24) is 0 Å². The van der Waals surface area contributed by atoms with Crippen molar-refractivity contribution in [3.8, 4) is 0 Å². The van der Waals surface area contributed by atoms with Gasteiger partial charge in [0.1, 0.15) is 0 Å². The summed E-state index contributed by atoms with van der Waals surface area (Å²) in [5.74, 6) is 2.78. The minimum Gasteiger partial charge on any atom is -0.368 e. The van der Waals surface area contributed by atoms with Gasteiger partial charge in [0.05, 0.1) is 0 Å². The van der Waals surface area contributed by atoms with E-state index in [-0.39, 0.29) is 11.3 Å². The number of hydrogen-bond acceptors (Lipinski definition) is 2. The Morgan fingerprint density at radius 1 is 0.933 bits per heavy atom. The summed E-state index contributed by atoms with van der Waals surface area (Å²) in [6.07, 6.45) is 6.95. The van der Waals surface area contributed by atoms with E-state index in [0.717, 1.165) is 17.8 Å². The predicted molar refractivity (Wildman–Crippen MR) is 58.0 cm³/mol. The molecule has 0 radical (unpaired) electrons. The number of aliphatic hydroxyl groups excluding tert-OH is 1. The average Bonchev–Trinajstić information content (AvgIpc) is 2.14. The lowest BCUT2D eigenvalue weighted by atomic mass is 9.46. The SMILES string of the molecule is CC(C(O)O)C12CC3CC(CC(C3)C1)C2. The van der Waals surface area contributed by atoms with Crippen LogP contribution >= 0.6 is 0 Å². The Hall–Kier alpha value is -0.0800. The van der Waals surface area contributed by atoms with Crippen LogP contribution in [0.4, 0.5) is 0 Å². The Balaban J connectivity index is 1.86. The second kappa shape index (κ2) is 3.21. The monoisotopic (exact) mass is 210 g/mol.